The summed E-state index contributed by atoms with van der Waals surface area (Å²) in [4.78, 5) is 12.1. The monoisotopic (exact) mass is 281 g/mol. The average molecular weight is 282 g/mol. The number of rotatable bonds is 5. The van der Waals surface area contributed by atoms with Crippen molar-refractivity contribution in [3.8, 4) is 0 Å². The van der Waals surface area contributed by atoms with Crippen LogP contribution in [0.1, 0.15) is 42.5 Å². The van der Waals surface area contributed by atoms with Crippen molar-refractivity contribution in [3.63, 3.8) is 0 Å². The third-order valence-electron chi connectivity index (χ3n) is 3.69. The van der Waals surface area contributed by atoms with Gasteiger partial charge in [-0.3, -0.25) is 10.6 Å². The van der Waals surface area contributed by atoms with Gasteiger partial charge in [-0.05, 0) is 30.5 Å². The Hall–Kier alpha value is -1.26. The van der Waals surface area contributed by atoms with E-state index in [2.05, 4.69) is 10.7 Å². The number of nitrogens with one attached hydrogen (secondary N) is 2. The molecule has 0 radical (unpaired) electrons. The molecule has 4 N–H and O–H groups in total. The summed E-state index contributed by atoms with van der Waals surface area (Å²) in [6.45, 7) is 0.708. The molecule has 0 spiro atoms. The molecule has 0 aliphatic heterocycles. The molecule has 1 aliphatic carbocycles. The van der Waals surface area contributed by atoms with Crippen LogP contribution in [0.15, 0.2) is 18.2 Å². The lowest BCUT2D eigenvalue weighted by Gasteiger charge is -2.12. The van der Waals surface area contributed by atoms with E-state index < -0.39 is 0 Å². The molecule has 0 atom stereocenters. The molecular formula is C14H20ClN3O. The number of hydrogen-bond acceptors (Lipinski definition) is 3. The van der Waals surface area contributed by atoms with E-state index in [1.165, 1.54) is 25.7 Å². The Labute approximate surface area is 118 Å². The molecule has 5 heteroatoms. The summed E-state index contributed by atoms with van der Waals surface area (Å²) in [5.74, 6) is 6.03. The highest BCUT2D eigenvalue weighted by Crippen LogP contribution is 2.27. The minimum absolute atomic E-state index is 0.131. The first-order chi connectivity index (χ1) is 9.20. The lowest BCUT2D eigenvalue weighted by molar-refractivity contribution is 0.0952. The maximum absolute atomic E-state index is 12.1. The molecular weight excluding hydrogens is 262 g/mol. The molecule has 1 aliphatic rings. The standard InChI is InChI=1S/C14H20ClN3O/c15-11-5-6-13(18-16)12(9-11)14(19)17-8-7-10-3-1-2-4-10/h5-6,9-10,18H,1-4,7-8,16H2,(H,17,19). The van der Waals surface area contributed by atoms with Crippen molar-refractivity contribution in [1.82, 2.24) is 5.32 Å². The first-order valence-corrected chi connectivity index (χ1v) is 7.13. The topological polar surface area (TPSA) is 67.1 Å². The maximum Gasteiger partial charge on any atom is 0.253 e. The summed E-state index contributed by atoms with van der Waals surface area (Å²) in [6.07, 6.45) is 6.30. The van der Waals surface area contributed by atoms with E-state index in [1.54, 1.807) is 18.2 Å². The van der Waals surface area contributed by atoms with Crippen LogP contribution >= 0.6 is 11.6 Å². The summed E-state index contributed by atoms with van der Waals surface area (Å²) in [6, 6.07) is 5.03. The van der Waals surface area contributed by atoms with E-state index in [-0.39, 0.29) is 5.91 Å². The molecule has 0 unspecified atom stereocenters. The summed E-state index contributed by atoms with van der Waals surface area (Å²) >= 11 is 5.91. The highest BCUT2D eigenvalue weighted by atomic mass is 35.5. The zero-order chi connectivity index (χ0) is 13.7. The number of amides is 1. The normalized spacial score (nSPS) is 15.5. The quantitative estimate of drug-likeness (QED) is 0.574. The van der Waals surface area contributed by atoms with Crippen LogP contribution in [-0.4, -0.2) is 12.5 Å². The Morgan fingerprint density at radius 1 is 1.37 bits per heavy atom. The van der Waals surface area contributed by atoms with Gasteiger partial charge in [-0.15, -0.1) is 0 Å². The van der Waals surface area contributed by atoms with E-state index >= 15 is 0 Å². The van der Waals surface area contributed by atoms with Gasteiger partial charge in [0.2, 0.25) is 0 Å². The van der Waals surface area contributed by atoms with Crippen molar-refractivity contribution in [1.29, 1.82) is 0 Å². The molecule has 1 aromatic carbocycles. The van der Waals surface area contributed by atoms with Crippen molar-refractivity contribution >= 4 is 23.2 Å². The Morgan fingerprint density at radius 3 is 2.79 bits per heavy atom. The molecule has 1 saturated carbocycles. The second-order valence-corrected chi connectivity index (χ2v) is 5.47. The fourth-order valence-electron chi connectivity index (χ4n) is 2.61. The van der Waals surface area contributed by atoms with Crippen LogP contribution in [0.2, 0.25) is 5.02 Å². The summed E-state index contributed by atoms with van der Waals surface area (Å²) in [5.41, 5.74) is 3.59. The van der Waals surface area contributed by atoms with Crippen LogP contribution < -0.4 is 16.6 Å². The number of carbonyl (C=O) groups excluding carboxylic acids is 1. The molecule has 0 saturated heterocycles. The van der Waals surface area contributed by atoms with Crippen LogP contribution in [0.25, 0.3) is 0 Å². The molecule has 2 rings (SSSR count). The lowest BCUT2D eigenvalue weighted by atomic mass is 10.0. The molecule has 1 amide bonds. The number of hydrazine groups is 1. The van der Waals surface area contributed by atoms with Crippen molar-refractivity contribution in [2.75, 3.05) is 12.0 Å². The predicted molar refractivity (Wildman–Crippen MR) is 78.2 cm³/mol. The molecule has 1 fully saturated rings. The largest absolute Gasteiger partial charge is 0.352 e. The Kier molecular flexibility index (Phi) is 5.05. The molecule has 19 heavy (non-hydrogen) atoms. The lowest BCUT2D eigenvalue weighted by Crippen LogP contribution is -2.27. The van der Waals surface area contributed by atoms with Crippen LogP contribution in [-0.2, 0) is 0 Å². The van der Waals surface area contributed by atoms with Crippen LogP contribution in [0.5, 0.6) is 0 Å². The van der Waals surface area contributed by atoms with Crippen molar-refractivity contribution in [3.05, 3.63) is 28.8 Å². The van der Waals surface area contributed by atoms with Crippen LogP contribution in [0.3, 0.4) is 0 Å². The first-order valence-electron chi connectivity index (χ1n) is 6.75. The summed E-state index contributed by atoms with van der Waals surface area (Å²) in [7, 11) is 0. The van der Waals surface area contributed by atoms with Crippen molar-refractivity contribution in [2.45, 2.75) is 32.1 Å². The van der Waals surface area contributed by atoms with E-state index in [1.807, 2.05) is 0 Å². The summed E-state index contributed by atoms with van der Waals surface area (Å²) < 4.78 is 0. The highest BCUT2D eigenvalue weighted by molar-refractivity contribution is 6.31. The summed E-state index contributed by atoms with van der Waals surface area (Å²) in [5, 5.41) is 3.46. The van der Waals surface area contributed by atoms with Gasteiger partial charge < -0.3 is 10.7 Å². The van der Waals surface area contributed by atoms with Crippen molar-refractivity contribution in [2.24, 2.45) is 11.8 Å². The number of hydrogen-bond donors (Lipinski definition) is 3. The maximum atomic E-state index is 12.1. The number of anilines is 1. The van der Waals surface area contributed by atoms with Gasteiger partial charge in [-0.25, -0.2) is 0 Å². The Morgan fingerprint density at radius 2 is 2.11 bits per heavy atom. The van der Waals surface area contributed by atoms with Gasteiger partial charge in [0.05, 0.1) is 11.3 Å². The van der Waals surface area contributed by atoms with Gasteiger partial charge in [0, 0.05) is 11.6 Å². The van der Waals surface area contributed by atoms with E-state index in [4.69, 9.17) is 17.4 Å². The molecule has 4 nitrogen and oxygen atoms in total. The third-order valence-corrected chi connectivity index (χ3v) is 3.93. The van der Waals surface area contributed by atoms with Gasteiger partial charge in [-0.1, -0.05) is 37.3 Å². The number of nitrogen functional groups attached to an aromatic ring is 1. The van der Waals surface area contributed by atoms with Gasteiger partial charge in [0.15, 0.2) is 0 Å². The van der Waals surface area contributed by atoms with E-state index in [9.17, 15) is 4.79 Å². The Balaban J connectivity index is 1.89. The number of carbonyl (C=O) groups is 1. The van der Waals surface area contributed by atoms with Gasteiger partial charge >= 0.3 is 0 Å². The molecule has 104 valence electrons. The fourth-order valence-corrected chi connectivity index (χ4v) is 2.79. The highest BCUT2D eigenvalue weighted by Gasteiger charge is 2.16. The number of halogens is 1. The van der Waals surface area contributed by atoms with E-state index in [0.717, 1.165) is 12.3 Å². The molecule has 1 aromatic rings. The molecule has 0 aromatic heterocycles. The van der Waals surface area contributed by atoms with Gasteiger partial charge in [-0.2, -0.15) is 0 Å². The SMILES string of the molecule is NNc1ccc(Cl)cc1C(=O)NCCC1CCCC1. The van der Waals surface area contributed by atoms with Gasteiger partial charge in [0.25, 0.3) is 5.91 Å². The van der Waals surface area contributed by atoms with Crippen LogP contribution in [0.4, 0.5) is 5.69 Å². The predicted octanol–water partition coefficient (Wildman–Crippen LogP) is 2.94. The average Bonchev–Trinajstić information content (AvgIpc) is 2.91. The smallest absolute Gasteiger partial charge is 0.253 e. The first kappa shape index (κ1) is 14.2. The van der Waals surface area contributed by atoms with Crippen LogP contribution in [0, 0.1) is 5.92 Å². The third kappa shape index (κ3) is 3.85. The minimum atomic E-state index is -0.131. The number of nitrogens with two attached hydrogens (primary N) is 1. The fraction of sp³-hybridized carbons (Fsp3) is 0.500. The molecule has 0 heterocycles. The molecule has 0 bridgehead atoms. The second-order valence-electron chi connectivity index (χ2n) is 5.03. The zero-order valence-corrected chi connectivity index (χ0v) is 11.7. The van der Waals surface area contributed by atoms with Crippen molar-refractivity contribution < 1.29 is 4.79 Å². The second kappa shape index (κ2) is 6.78. The zero-order valence-electron chi connectivity index (χ0n) is 10.9. The minimum Gasteiger partial charge on any atom is -0.352 e. The van der Waals surface area contributed by atoms with E-state index in [0.29, 0.717) is 22.8 Å². The Bertz CT molecular complexity index is 444. The number of benzene rings is 1. The van der Waals surface area contributed by atoms with Gasteiger partial charge in [0.1, 0.15) is 0 Å².